The molecular formula is C14H16O2. The lowest BCUT2D eigenvalue weighted by atomic mass is 9.98. The highest BCUT2D eigenvalue weighted by atomic mass is 16.4. The van der Waals surface area contributed by atoms with Gasteiger partial charge in [0.05, 0.1) is 5.57 Å². The SMILES string of the molecule is C/C=C\c1ccccc1/C(=C/CC)C(=O)O. The summed E-state index contributed by atoms with van der Waals surface area (Å²) < 4.78 is 0. The van der Waals surface area contributed by atoms with Crippen LogP contribution in [0.3, 0.4) is 0 Å². The van der Waals surface area contributed by atoms with Crippen LogP contribution in [0.1, 0.15) is 31.4 Å². The summed E-state index contributed by atoms with van der Waals surface area (Å²) in [7, 11) is 0. The molecule has 0 radical (unpaired) electrons. The van der Waals surface area contributed by atoms with E-state index in [0.29, 0.717) is 12.0 Å². The standard InChI is InChI=1S/C14H16O2/c1-3-7-11-9-5-6-10-12(11)13(8-4-2)14(15)16/h3,5-10H,4H2,1-2H3,(H,15,16)/b7-3-,13-8-. The van der Waals surface area contributed by atoms with Crippen LogP contribution in [0.4, 0.5) is 0 Å². The minimum atomic E-state index is -0.876. The van der Waals surface area contributed by atoms with Gasteiger partial charge in [0.1, 0.15) is 0 Å². The van der Waals surface area contributed by atoms with Crippen molar-refractivity contribution >= 4 is 17.6 Å². The first-order valence-corrected chi connectivity index (χ1v) is 5.36. The van der Waals surface area contributed by atoms with Crippen LogP contribution in [-0.2, 0) is 4.79 Å². The molecule has 1 aromatic rings. The topological polar surface area (TPSA) is 37.3 Å². The molecule has 1 rings (SSSR count). The molecule has 0 bridgehead atoms. The van der Waals surface area contributed by atoms with Crippen molar-refractivity contribution in [3.63, 3.8) is 0 Å². The highest BCUT2D eigenvalue weighted by molar-refractivity contribution is 6.16. The van der Waals surface area contributed by atoms with Crippen LogP contribution in [0.15, 0.2) is 36.4 Å². The molecule has 2 nitrogen and oxygen atoms in total. The van der Waals surface area contributed by atoms with E-state index in [9.17, 15) is 4.79 Å². The Morgan fingerprint density at radius 2 is 2.06 bits per heavy atom. The summed E-state index contributed by atoms with van der Waals surface area (Å²) in [6.45, 7) is 3.85. The van der Waals surface area contributed by atoms with Crippen LogP contribution in [-0.4, -0.2) is 11.1 Å². The predicted molar refractivity (Wildman–Crippen MR) is 67.1 cm³/mol. The first-order valence-electron chi connectivity index (χ1n) is 5.36. The molecule has 0 spiro atoms. The third-order valence-corrected chi connectivity index (χ3v) is 2.24. The number of hydrogen-bond acceptors (Lipinski definition) is 1. The van der Waals surface area contributed by atoms with E-state index in [4.69, 9.17) is 5.11 Å². The molecule has 0 amide bonds. The van der Waals surface area contributed by atoms with Crippen LogP contribution in [0.5, 0.6) is 0 Å². The van der Waals surface area contributed by atoms with Gasteiger partial charge in [0, 0.05) is 0 Å². The van der Waals surface area contributed by atoms with E-state index in [1.54, 1.807) is 6.08 Å². The number of aliphatic carboxylic acids is 1. The van der Waals surface area contributed by atoms with E-state index < -0.39 is 5.97 Å². The van der Waals surface area contributed by atoms with E-state index in [-0.39, 0.29) is 0 Å². The molecule has 0 fully saturated rings. The second-order valence-electron chi connectivity index (χ2n) is 3.42. The van der Waals surface area contributed by atoms with Crippen molar-refractivity contribution in [1.82, 2.24) is 0 Å². The Morgan fingerprint density at radius 1 is 1.38 bits per heavy atom. The number of carboxylic acids is 1. The normalized spacial score (nSPS) is 12.0. The van der Waals surface area contributed by atoms with Crippen molar-refractivity contribution < 1.29 is 9.90 Å². The van der Waals surface area contributed by atoms with E-state index in [0.717, 1.165) is 11.1 Å². The number of carboxylic acid groups (broad SMARTS) is 1. The molecule has 0 aliphatic heterocycles. The summed E-state index contributed by atoms with van der Waals surface area (Å²) in [6.07, 6.45) is 6.28. The average Bonchev–Trinajstić information content (AvgIpc) is 2.27. The maximum absolute atomic E-state index is 11.2. The average molecular weight is 216 g/mol. The van der Waals surface area contributed by atoms with Gasteiger partial charge in [-0.25, -0.2) is 4.79 Å². The van der Waals surface area contributed by atoms with Crippen molar-refractivity contribution in [1.29, 1.82) is 0 Å². The summed E-state index contributed by atoms with van der Waals surface area (Å²) in [5.41, 5.74) is 2.08. The van der Waals surface area contributed by atoms with Crippen molar-refractivity contribution in [3.8, 4) is 0 Å². The summed E-state index contributed by atoms with van der Waals surface area (Å²) >= 11 is 0. The van der Waals surface area contributed by atoms with Crippen LogP contribution < -0.4 is 0 Å². The van der Waals surface area contributed by atoms with Crippen molar-refractivity contribution in [2.24, 2.45) is 0 Å². The van der Waals surface area contributed by atoms with E-state index >= 15 is 0 Å². The number of carbonyl (C=O) groups is 1. The largest absolute Gasteiger partial charge is 0.478 e. The lowest BCUT2D eigenvalue weighted by Crippen LogP contribution is -2.01. The fourth-order valence-electron chi connectivity index (χ4n) is 1.58. The Hall–Kier alpha value is -1.83. The van der Waals surface area contributed by atoms with Gasteiger partial charge in [-0.05, 0) is 24.5 Å². The number of hydrogen-bond donors (Lipinski definition) is 1. The van der Waals surface area contributed by atoms with Crippen LogP contribution >= 0.6 is 0 Å². The molecule has 84 valence electrons. The van der Waals surface area contributed by atoms with Crippen LogP contribution in [0, 0.1) is 0 Å². The predicted octanol–water partition coefficient (Wildman–Crippen LogP) is 3.60. The molecule has 2 heteroatoms. The first kappa shape index (κ1) is 12.2. The molecule has 0 aromatic heterocycles. The zero-order chi connectivity index (χ0) is 12.0. The fraction of sp³-hybridized carbons (Fsp3) is 0.214. The number of allylic oxidation sites excluding steroid dienone is 2. The minimum absolute atomic E-state index is 0.371. The summed E-state index contributed by atoms with van der Waals surface area (Å²) in [5, 5.41) is 9.16. The van der Waals surface area contributed by atoms with Crippen molar-refractivity contribution in [3.05, 3.63) is 47.5 Å². The van der Waals surface area contributed by atoms with Crippen molar-refractivity contribution in [2.75, 3.05) is 0 Å². The second-order valence-corrected chi connectivity index (χ2v) is 3.42. The number of benzene rings is 1. The molecule has 0 heterocycles. The Balaban J connectivity index is 3.29. The maximum atomic E-state index is 11.2. The van der Waals surface area contributed by atoms with Gasteiger partial charge >= 0.3 is 5.97 Å². The molecule has 16 heavy (non-hydrogen) atoms. The summed E-state index contributed by atoms with van der Waals surface area (Å²) in [5.74, 6) is -0.876. The Kier molecular flexibility index (Phi) is 4.52. The van der Waals surface area contributed by atoms with Gasteiger partial charge in [-0.3, -0.25) is 0 Å². The Labute approximate surface area is 95.9 Å². The molecule has 1 aromatic carbocycles. The maximum Gasteiger partial charge on any atom is 0.335 e. The molecule has 0 aliphatic carbocycles. The van der Waals surface area contributed by atoms with Gasteiger partial charge in [-0.15, -0.1) is 0 Å². The lowest BCUT2D eigenvalue weighted by molar-refractivity contribution is -0.130. The van der Waals surface area contributed by atoms with Crippen LogP contribution in [0.2, 0.25) is 0 Å². The number of rotatable bonds is 4. The van der Waals surface area contributed by atoms with Gasteiger partial charge in [-0.2, -0.15) is 0 Å². The zero-order valence-corrected chi connectivity index (χ0v) is 9.60. The molecule has 0 saturated carbocycles. The summed E-state index contributed by atoms with van der Waals surface area (Å²) in [6, 6.07) is 7.52. The molecule has 1 N–H and O–H groups in total. The fourth-order valence-corrected chi connectivity index (χ4v) is 1.58. The monoisotopic (exact) mass is 216 g/mol. The zero-order valence-electron chi connectivity index (χ0n) is 9.60. The smallest absolute Gasteiger partial charge is 0.335 e. The van der Waals surface area contributed by atoms with Crippen LogP contribution in [0.25, 0.3) is 11.6 Å². The molecule has 0 atom stereocenters. The van der Waals surface area contributed by atoms with E-state index in [2.05, 4.69) is 0 Å². The molecule has 0 aliphatic rings. The lowest BCUT2D eigenvalue weighted by Gasteiger charge is -2.06. The minimum Gasteiger partial charge on any atom is -0.478 e. The molecule has 0 unspecified atom stereocenters. The molecular weight excluding hydrogens is 200 g/mol. The third kappa shape index (κ3) is 2.83. The first-order chi connectivity index (χ1) is 7.70. The van der Waals surface area contributed by atoms with Crippen molar-refractivity contribution in [2.45, 2.75) is 20.3 Å². The summed E-state index contributed by atoms with van der Waals surface area (Å²) in [4.78, 5) is 11.2. The quantitative estimate of drug-likeness (QED) is 0.781. The van der Waals surface area contributed by atoms with E-state index in [1.807, 2.05) is 50.3 Å². The van der Waals surface area contributed by atoms with Gasteiger partial charge in [-0.1, -0.05) is 49.4 Å². The second kappa shape index (κ2) is 5.91. The van der Waals surface area contributed by atoms with Gasteiger partial charge < -0.3 is 5.11 Å². The third-order valence-electron chi connectivity index (χ3n) is 2.24. The molecule has 0 saturated heterocycles. The Bertz CT molecular complexity index is 428. The highest BCUT2D eigenvalue weighted by Crippen LogP contribution is 2.21. The Morgan fingerprint density at radius 3 is 2.62 bits per heavy atom. The van der Waals surface area contributed by atoms with Gasteiger partial charge in [0.25, 0.3) is 0 Å². The highest BCUT2D eigenvalue weighted by Gasteiger charge is 2.11. The van der Waals surface area contributed by atoms with Gasteiger partial charge in [0.15, 0.2) is 0 Å². The van der Waals surface area contributed by atoms with Gasteiger partial charge in [0.2, 0.25) is 0 Å². The van der Waals surface area contributed by atoms with E-state index in [1.165, 1.54) is 0 Å².